The van der Waals surface area contributed by atoms with Gasteiger partial charge in [-0.2, -0.15) is 0 Å². The molecule has 1 aromatic heterocycles. The highest BCUT2D eigenvalue weighted by atomic mass is 16.5. The Morgan fingerprint density at radius 3 is 2.43 bits per heavy atom. The summed E-state index contributed by atoms with van der Waals surface area (Å²) >= 11 is 0. The summed E-state index contributed by atoms with van der Waals surface area (Å²) in [6.45, 7) is 6.55. The lowest BCUT2D eigenvalue weighted by molar-refractivity contribution is 0.0696. The Balaban J connectivity index is 1.25. The van der Waals surface area contributed by atoms with E-state index >= 15 is 0 Å². The minimum Gasteiger partial charge on any atom is -0.493 e. The van der Waals surface area contributed by atoms with E-state index in [1.54, 1.807) is 30.5 Å². The van der Waals surface area contributed by atoms with Crippen LogP contribution in [0.1, 0.15) is 58.9 Å². The van der Waals surface area contributed by atoms with Gasteiger partial charge in [0.25, 0.3) is 5.91 Å². The van der Waals surface area contributed by atoms with Crippen LogP contribution < -0.4 is 15.0 Å². The van der Waals surface area contributed by atoms with Crippen LogP contribution in [0.3, 0.4) is 0 Å². The van der Waals surface area contributed by atoms with Gasteiger partial charge in [0.05, 0.1) is 24.1 Å². The van der Waals surface area contributed by atoms with Crippen LogP contribution in [-0.4, -0.2) is 41.7 Å². The van der Waals surface area contributed by atoms with Crippen molar-refractivity contribution in [3.63, 3.8) is 0 Å². The van der Waals surface area contributed by atoms with E-state index in [2.05, 4.69) is 29.0 Å². The Kier molecular flexibility index (Phi) is 7.65. The average molecular weight is 474 g/mol. The zero-order valence-electron chi connectivity index (χ0n) is 20.1. The second-order valence-electron chi connectivity index (χ2n) is 9.21. The molecule has 3 aromatic rings. The number of carbonyl (C=O) groups is 2. The fraction of sp³-hybridized carbons (Fsp3) is 0.321. The maximum atomic E-state index is 12.5. The molecular formula is C28H31N3O4. The van der Waals surface area contributed by atoms with Crippen molar-refractivity contribution in [1.82, 2.24) is 4.98 Å². The quantitative estimate of drug-likeness (QED) is 0.452. The number of hydrogen-bond acceptors (Lipinski definition) is 5. The van der Waals surface area contributed by atoms with E-state index in [0.29, 0.717) is 35.4 Å². The maximum Gasteiger partial charge on any atom is 0.335 e. The van der Waals surface area contributed by atoms with Crippen LogP contribution in [0.2, 0.25) is 0 Å². The number of amides is 1. The molecule has 0 saturated carbocycles. The second-order valence-corrected chi connectivity index (χ2v) is 9.21. The lowest BCUT2D eigenvalue weighted by Gasteiger charge is -2.32. The van der Waals surface area contributed by atoms with Gasteiger partial charge in [0.2, 0.25) is 0 Å². The van der Waals surface area contributed by atoms with Crippen molar-refractivity contribution >= 4 is 23.4 Å². The number of pyridine rings is 1. The monoisotopic (exact) mass is 473 g/mol. The fourth-order valence-corrected chi connectivity index (χ4v) is 4.13. The van der Waals surface area contributed by atoms with E-state index in [1.807, 2.05) is 36.4 Å². The van der Waals surface area contributed by atoms with Gasteiger partial charge in [-0.3, -0.25) is 4.79 Å². The Morgan fingerprint density at radius 2 is 1.80 bits per heavy atom. The molecule has 0 unspecified atom stereocenters. The summed E-state index contributed by atoms with van der Waals surface area (Å²) in [5.74, 6) is 1.20. The van der Waals surface area contributed by atoms with Crippen molar-refractivity contribution in [2.45, 2.75) is 32.6 Å². The molecule has 0 aliphatic carbocycles. The van der Waals surface area contributed by atoms with Crippen molar-refractivity contribution in [2.24, 2.45) is 5.92 Å². The molecule has 1 aliphatic heterocycles. The van der Waals surface area contributed by atoms with Gasteiger partial charge < -0.3 is 20.1 Å². The molecule has 1 amide bonds. The summed E-state index contributed by atoms with van der Waals surface area (Å²) in [4.78, 5) is 30.4. The number of ether oxygens (including phenoxy) is 1. The first-order valence-corrected chi connectivity index (χ1v) is 12.0. The molecule has 7 nitrogen and oxygen atoms in total. The zero-order chi connectivity index (χ0) is 24.8. The van der Waals surface area contributed by atoms with Gasteiger partial charge in [0.15, 0.2) is 0 Å². The Morgan fingerprint density at radius 1 is 1.06 bits per heavy atom. The van der Waals surface area contributed by atoms with Crippen molar-refractivity contribution in [2.75, 3.05) is 29.9 Å². The zero-order valence-corrected chi connectivity index (χ0v) is 20.1. The number of nitrogens with one attached hydrogen (secondary N) is 1. The van der Waals surface area contributed by atoms with E-state index < -0.39 is 5.97 Å². The number of aromatic nitrogens is 1. The number of rotatable bonds is 8. The van der Waals surface area contributed by atoms with Crippen LogP contribution in [0.4, 0.5) is 11.5 Å². The topological polar surface area (TPSA) is 91.8 Å². The standard InChI is InChI=1S/C28H31N3O4/c1-19(2)21-6-8-22(9-7-21)27(32)30-24-10-11-26(29-17-24)31-14-12-20(13-15-31)18-35-25-5-3-4-23(16-25)28(33)34/h3-11,16-17,19-20H,12-15,18H2,1-2H3,(H,30,32)(H,33,34). The largest absolute Gasteiger partial charge is 0.493 e. The Bertz CT molecular complexity index is 1150. The first kappa shape index (κ1) is 24.3. The smallest absolute Gasteiger partial charge is 0.335 e. The van der Waals surface area contributed by atoms with Crippen molar-refractivity contribution in [1.29, 1.82) is 0 Å². The van der Waals surface area contributed by atoms with Gasteiger partial charge >= 0.3 is 5.97 Å². The number of carboxylic acid groups (broad SMARTS) is 1. The average Bonchev–Trinajstić information content (AvgIpc) is 2.88. The number of nitrogens with zero attached hydrogens (tertiary/aromatic N) is 2. The Hall–Kier alpha value is -3.87. The molecule has 1 aliphatic rings. The predicted octanol–water partition coefficient (Wildman–Crippen LogP) is 5.45. The minimum absolute atomic E-state index is 0.149. The summed E-state index contributed by atoms with van der Waals surface area (Å²) in [5, 5.41) is 12.0. The molecule has 0 atom stereocenters. The van der Waals surface area contributed by atoms with Crippen LogP contribution in [0, 0.1) is 5.92 Å². The normalized spacial score (nSPS) is 14.1. The third-order valence-corrected chi connectivity index (χ3v) is 6.35. The van der Waals surface area contributed by atoms with Crippen LogP contribution >= 0.6 is 0 Å². The highest BCUT2D eigenvalue weighted by Gasteiger charge is 2.21. The van der Waals surface area contributed by atoms with Gasteiger partial charge in [-0.05, 0) is 72.7 Å². The summed E-state index contributed by atoms with van der Waals surface area (Å²) in [7, 11) is 0. The van der Waals surface area contributed by atoms with E-state index in [1.165, 1.54) is 5.56 Å². The maximum absolute atomic E-state index is 12.5. The summed E-state index contributed by atoms with van der Waals surface area (Å²) in [5.41, 5.74) is 2.72. The second kappa shape index (κ2) is 11.0. The molecule has 0 bridgehead atoms. The Labute approximate surface area is 205 Å². The van der Waals surface area contributed by atoms with Crippen LogP contribution in [0.15, 0.2) is 66.9 Å². The molecule has 2 N–H and O–H groups in total. The van der Waals surface area contributed by atoms with E-state index in [9.17, 15) is 9.59 Å². The number of benzene rings is 2. The molecular weight excluding hydrogens is 442 g/mol. The van der Waals surface area contributed by atoms with Gasteiger partial charge in [-0.15, -0.1) is 0 Å². The molecule has 2 aromatic carbocycles. The summed E-state index contributed by atoms with van der Waals surface area (Å²) < 4.78 is 5.85. The van der Waals surface area contributed by atoms with Gasteiger partial charge in [-0.1, -0.05) is 32.0 Å². The van der Waals surface area contributed by atoms with Crippen LogP contribution in [-0.2, 0) is 0 Å². The molecule has 0 spiro atoms. The first-order chi connectivity index (χ1) is 16.9. The number of aromatic carboxylic acids is 1. The number of piperidine rings is 1. The third-order valence-electron chi connectivity index (χ3n) is 6.35. The van der Waals surface area contributed by atoms with Crippen molar-refractivity contribution in [3.8, 4) is 5.75 Å². The van der Waals surface area contributed by atoms with Crippen molar-refractivity contribution < 1.29 is 19.4 Å². The molecule has 35 heavy (non-hydrogen) atoms. The van der Waals surface area contributed by atoms with Crippen LogP contribution in [0.25, 0.3) is 0 Å². The molecule has 2 heterocycles. The van der Waals surface area contributed by atoms with Gasteiger partial charge in [0, 0.05) is 18.7 Å². The predicted molar refractivity (Wildman–Crippen MR) is 137 cm³/mol. The van der Waals surface area contributed by atoms with E-state index in [0.717, 1.165) is 31.7 Å². The fourth-order valence-electron chi connectivity index (χ4n) is 4.13. The minimum atomic E-state index is -0.956. The van der Waals surface area contributed by atoms with Crippen LogP contribution in [0.5, 0.6) is 5.75 Å². The highest BCUT2D eigenvalue weighted by Crippen LogP contribution is 2.24. The molecule has 7 heteroatoms. The molecule has 1 saturated heterocycles. The van der Waals surface area contributed by atoms with Crippen molar-refractivity contribution in [3.05, 3.63) is 83.6 Å². The van der Waals surface area contributed by atoms with Gasteiger partial charge in [0.1, 0.15) is 11.6 Å². The van der Waals surface area contributed by atoms with E-state index in [-0.39, 0.29) is 11.5 Å². The number of hydrogen-bond donors (Lipinski definition) is 2. The lowest BCUT2D eigenvalue weighted by atomic mass is 9.98. The molecule has 1 fully saturated rings. The lowest BCUT2D eigenvalue weighted by Crippen LogP contribution is -2.36. The molecule has 182 valence electrons. The SMILES string of the molecule is CC(C)c1ccc(C(=O)Nc2ccc(N3CCC(COc4cccc(C(=O)O)c4)CC3)nc2)cc1. The number of carbonyl (C=O) groups excluding carboxylic acids is 1. The molecule has 0 radical (unpaired) electrons. The van der Waals surface area contributed by atoms with E-state index in [4.69, 9.17) is 9.84 Å². The summed E-state index contributed by atoms with van der Waals surface area (Å²) in [6, 6.07) is 18.1. The molecule has 4 rings (SSSR count). The number of anilines is 2. The highest BCUT2D eigenvalue weighted by molar-refractivity contribution is 6.04. The van der Waals surface area contributed by atoms with Gasteiger partial charge in [-0.25, -0.2) is 9.78 Å². The number of carboxylic acids is 1. The first-order valence-electron chi connectivity index (χ1n) is 12.0. The summed E-state index contributed by atoms with van der Waals surface area (Å²) in [6.07, 6.45) is 3.62. The third kappa shape index (κ3) is 6.38.